The van der Waals surface area contributed by atoms with Crippen molar-refractivity contribution in [3.8, 4) is 0 Å². The fourth-order valence-electron chi connectivity index (χ4n) is 3.33. The first-order valence-corrected chi connectivity index (χ1v) is 13.2. The molecule has 0 spiro atoms. The summed E-state index contributed by atoms with van der Waals surface area (Å²) in [5.41, 5.74) is 3.44. The van der Waals surface area contributed by atoms with Crippen molar-refractivity contribution in [3.63, 3.8) is 0 Å². The third-order valence-corrected chi connectivity index (χ3v) is 6.63. The third kappa shape index (κ3) is 6.80. The van der Waals surface area contributed by atoms with E-state index in [2.05, 4.69) is 52.6 Å². The molecule has 1 aliphatic heterocycles. The van der Waals surface area contributed by atoms with Gasteiger partial charge in [0.2, 0.25) is 5.95 Å². The Labute approximate surface area is 224 Å². The Morgan fingerprint density at radius 3 is 2.31 bits per heavy atom. The number of hydrogen-bond acceptors (Lipinski definition) is 6. The van der Waals surface area contributed by atoms with Crippen LogP contribution in [0.4, 0.5) is 11.6 Å². The van der Waals surface area contributed by atoms with Gasteiger partial charge in [-0.25, -0.2) is 28.7 Å². The number of anilines is 2. The Balaban J connectivity index is 0.000000236. The molecule has 2 aromatic heterocycles. The molecular formula is C25H30Cl2N6O2S. The summed E-state index contributed by atoms with van der Waals surface area (Å²) in [7, 11) is -1.37. The van der Waals surface area contributed by atoms with E-state index >= 15 is 0 Å². The van der Waals surface area contributed by atoms with Gasteiger partial charge in [0.25, 0.3) is 0 Å². The summed E-state index contributed by atoms with van der Waals surface area (Å²) in [6.07, 6.45) is 10.9. The number of allylic oxidation sites excluding steroid dienone is 4. The zero-order valence-corrected chi connectivity index (χ0v) is 23.4. The van der Waals surface area contributed by atoms with Crippen LogP contribution in [-0.2, 0) is 21.5 Å². The molecule has 0 radical (unpaired) electrons. The molecule has 1 unspecified atom stereocenters. The van der Waals surface area contributed by atoms with Gasteiger partial charge >= 0.3 is 0 Å². The SMILES string of the molecule is CC(C)=C/C=C(\C)c1cncnc1.CCNS(=O)c1cnc2n1C(C)(C)ON2c1cc(Cl)cc(Cl)c1. The quantitative estimate of drug-likeness (QED) is 0.356. The number of hydrogen-bond donors (Lipinski definition) is 1. The van der Waals surface area contributed by atoms with E-state index in [4.69, 9.17) is 28.0 Å². The highest BCUT2D eigenvalue weighted by Gasteiger charge is 2.41. The van der Waals surface area contributed by atoms with Crippen molar-refractivity contribution in [3.05, 3.63) is 76.5 Å². The molecular weight excluding hydrogens is 519 g/mol. The van der Waals surface area contributed by atoms with Crippen LogP contribution in [0.15, 0.2) is 65.9 Å². The maximum Gasteiger partial charge on any atom is 0.238 e. The van der Waals surface area contributed by atoms with E-state index in [-0.39, 0.29) is 0 Å². The van der Waals surface area contributed by atoms with Gasteiger partial charge in [-0.2, -0.15) is 5.06 Å². The molecule has 0 saturated heterocycles. The fraction of sp³-hybridized carbons (Fsp3) is 0.320. The molecule has 1 aliphatic rings. The lowest BCUT2D eigenvalue weighted by atomic mass is 10.1. The number of aromatic nitrogens is 4. The van der Waals surface area contributed by atoms with Crippen molar-refractivity contribution in [1.29, 1.82) is 0 Å². The summed E-state index contributed by atoms with van der Waals surface area (Å²) >= 11 is 12.1. The maximum atomic E-state index is 12.3. The molecule has 4 rings (SSSR count). The van der Waals surface area contributed by atoms with E-state index in [1.165, 1.54) is 17.5 Å². The Morgan fingerprint density at radius 2 is 1.72 bits per heavy atom. The number of benzene rings is 1. The Morgan fingerprint density at radius 1 is 1.08 bits per heavy atom. The van der Waals surface area contributed by atoms with E-state index in [0.29, 0.717) is 33.3 Å². The highest BCUT2D eigenvalue weighted by Crippen LogP contribution is 2.42. The molecule has 0 saturated carbocycles. The lowest BCUT2D eigenvalue weighted by Gasteiger charge is -2.22. The molecule has 0 bridgehead atoms. The van der Waals surface area contributed by atoms with Crippen molar-refractivity contribution < 1.29 is 9.05 Å². The predicted molar refractivity (Wildman–Crippen MR) is 146 cm³/mol. The minimum Gasteiger partial charge on any atom is -0.268 e. The molecule has 0 amide bonds. The molecule has 8 nitrogen and oxygen atoms in total. The second-order valence-electron chi connectivity index (χ2n) is 8.68. The summed E-state index contributed by atoms with van der Waals surface area (Å²) in [6.45, 7) is 12.4. The first kappa shape index (κ1) is 28.0. The Hall–Kier alpha value is -2.56. The van der Waals surface area contributed by atoms with Crippen molar-refractivity contribution in [2.45, 2.75) is 52.3 Å². The Bertz CT molecular complexity index is 1270. The molecule has 1 aromatic carbocycles. The molecule has 1 N–H and O–H groups in total. The zero-order valence-electron chi connectivity index (χ0n) is 21.1. The number of nitrogens with zero attached hydrogens (tertiary/aromatic N) is 5. The van der Waals surface area contributed by atoms with Crippen LogP contribution in [0.3, 0.4) is 0 Å². The predicted octanol–water partition coefficient (Wildman–Crippen LogP) is 6.44. The third-order valence-electron chi connectivity index (χ3n) is 4.98. The minimum absolute atomic E-state index is 0.496. The van der Waals surface area contributed by atoms with Gasteiger partial charge in [0.15, 0.2) is 5.72 Å². The van der Waals surface area contributed by atoms with Crippen molar-refractivity contribution in [2.75, 3.05) is 11.6 Å². The van der Waals surface area contributed by atoms with Crippen LogP contribution in [-0.4, -0.2) is 30.3 Å². The smallest absolute Gasteiger partial charge is 0.238 e. The van der Waals surface area contributed by atoms with Gasteiger partial charge in [0.1, 0.15) is 22.3 Å². The average Bonchev–Trinajstić information content (AvgIpc) is 3.38. The highest BCUT2D eigenvalue weighted by atomic mass is 35.5. The van der Waals surface area contributed by atoms with Crippen LogP contribution in [0, 0.1) is 0 Å². The lowest BCUT2D eigenvalue weighted by Crippen LogP contribution is -2.29. The topological polar surface area (TPSA) is 85.2 Å². The highest BCUT2D eigenvalue weighted by molar-refractivity contribution is 7.83. The summed E-state index contributed by atoms with van der Waals surface area (Å²) < 4.78 is 17.0. The molecule has 0 fully saturated rings. The van der Waals surface area contributed by atoms with Crippen LogP contribution in [0.5, 0.6) is 0 Å². The van der Waals surface area contributed by atoms with Crippen LogP contribution in [0.1, 0.15) is 47.1 Å². The fourth-order valence-corrected chi connectivity index (χ4v) is 4.87. The number of halogens is 2. The van der Waals surface area contributed by atoms with E-state index in [1.807, 2.05) is 33.2 Å². The lowest BCUT2D eigenvalue weighted by molar-refractivity contribution is -0.0496. The van der Waals surface area contributed by atoms with Crippen molar-refractivity contribution in [2.24, 2.45) is 0 Å². The Kier molecular flexibility index (Phi) is 9.43. The summed E-state index contributed by atoms with van der Waals surface area (Å²) in [6, 6.07) is 5.11. The van der Waals surface area contributed by atoms with Crippen LogP contribution in [0.2, 0.25) is 10.0 Å². The van der Waals surface area contributed by atoms with Gasteiger partial charge in [-0.15, -0.1) is 0 Å². The number of imidazole rings is 1. The second kappa shape index (κ2) is 12.1. The number of rotatable bonds is 6. The van der Waals surface area contributed by atoms with Gasteiger partial charge in [-0.3, -0.25) is 4.57 Å². The normalized spacial score (nSPS) is 15.1. The molecule has 1 atom stereocenters. The van der Waals surface area contributed by atoms with Crippen LogP contribution >= 0.6 is 23.2 Å². The molecule has 36 heavy (non-hydrogen) atoms. The monoisotopic (exact) mass is 548 g/mol. The number of nitrogens with one attached hydrogen (secondary N) is 1. The molecule has 3 aromatic rings. The van der Waals surface area contributed by atoms with Crippen LogP contribution in [0.25, 0.3) is 5.57 Å². The molecule has 11 heteroatoms. The molecule has 192 valence electrons. The van der Waals surface area contributed by atoms with E-state index in [1.54, 1.807) is 34.0 Å². The first-order valence-electron chi connectivity index (χ1n) is 11.3. The van der Waals surface area contributed by atoms with Crippen LogP contribution < -0.4 is 9.79 Å². The van der Waals surface area contributed by atoms with Gasteiger partial charge in [0, 0.05) is 34.5 Å². The van der Waals surface area contributed by atoms with Crippen molar-refractivity contribution in [1.82, 2.24) is 24.2 Å². The van der Waals surface area contributed by atoms with E-state index in [9.17, 15) is 4.21 Å². The largest absolute Gasteiger partial charge is 0.268 e. The number of fused-ring (bicyclic) bond motifs is 1. The summed E-state index contributed by atoms with van der Waals surface area (Å²) in [5, 5.41) is 3.08. The van der Waals surface area contributed by atoms with E-state index < -0.39 is 16.7 Å². The van der Waals surface area contributed by atoms with Gasteiger partial charge in [-0.1, -0.05) is 47.9 Å². The minimum atomic E-state index is -1.37. The van der Waals surface area contributed by atoms with Gasteiger partial charge < -0.3 is 0 Å². The van der Waals surface area contributed by atoms with E-state index in [0.717, 1.165) is 5.56 Å². The summed E-state index contributed by atoms with van der Waals surface area (Å²) in [4.78, 5) is 18.3. The second-order valence-corrected chi connectivity index (χ2v) is 10.8. The molecule has 3 heterocycles. The average molecular weight is 550 g/mol. The maximum absolute atomic E-state index is 12.3. The van der Waals surface area contributed by atoms with Gasteiger partial charge in [-0.05, 0) is 58.4 Å². The molecule has 0 aliphatic carbocycles. The standard InChI is InChI=1S/C14H16Cl2N4O2S.C11H14N2/c1-4-18-23(21)12-8-17-13-19(12)14(2,3)22-20(13)11-6-9(15)5-10(16)7-11;1-9(2)4-5-10(3)11-6-12-8-13-7-11/h5-8,18H,4H2,1-3H3;4-8H,1-3H3/b;10-5+. The summed E-state index contributed by atoms with van der Waals surface area (Å²) in [5.74, 6) is 0.523. The first-order chi connectivity index (χ1) is 17.0. The zero-order chi connectivity index (χ0) is 26.5. The van der Waals surface area contributed by atoms with Gasteiger partial charge in [0.05, 0.1) is 11.9 Å². The van der Waals surface area contributed by atoms with Crippen molar-refractivity contribution >= 4 is 51.4 Å².